The maximum atomic E-state index is 13.0. The van der Waals surface area contributed by atoms with Crippen molar-refractivity contribution in [1.29, 1.82) is 0 Å². The van der Waals surface area contributed by atoms with Gasteiger partial charge in [0, 0.05) is 33.8 Å². The first kappa shape index (κ1) is 21.2. The van der Waals surface area contributed by atoms with Gasteiger partial charge in [-0.2, -0.15) is 0 Å². The van der Waals surface area contributed by atoms with Crippen LogP contribution in [-0.4, -0.2) is 20.6 Å². The van der Waals surface area contributed by atoms with Gasteiger partial charge in [-0.25, -0.2) is 4.98 Å². The fourth-order valence-electron chi connectivity index (χ4n) is 2.77. The van der Waals surface area contributed by atoms with Crippen molar-refractivity contribution in [2.24, 2.45) is 0 Å². The summed E-state index contributed by atoms with van der Waals surface area (Å²) >= 11 is 9.27. The first-order chi connectivity index (χ1) is 14.2. The Morgan fingerprint density at radius 1 is 1.20 bits per heavy atom. The second-order valence-corrected chi connectivity index (χ2v) is 10.9. The third kappa shape index (κ3) is 4.79. The molecule has 1 aliphatic carbocycles. The standard InChI is InChI=1S/C22H23ClN4OS2/c1-21(2,18-13-29-20(26-18)27-30-22(3)8-9-22)19(28)25-17-6-4-14(5-7-17)15-10-16(23)12-24-11-15/h4-7,10-13H,8-9H2,1-3H3,(H,25,28)(H,26,27). The number of nitrogens with zero attached hydrogens (tertiary/aromatic N) is 2. The lowest BCUT2D eigenvalue weighted by molar-refractivity contribution is -0.120. The number of nitrogens with one attached hydrogen (secondary N) is 2. The molecule has 2 heterocycles. The molecule has 0 bridgehead atoms. The molecule has 1 aromatic carbocycles. The van der Waals surface area contributed by atoms with Crippen molar-refractivity contribution in [1.82, 2.24) is 9.97 Å². The quantitative estimate of drug-likeness (QED) is 0.401. The van der Waals surface area contributed by atoms with Gasteiger partial charge in [-0.3, -0.25) is 9.78 Å². The van der Waals surface area contributed by atoms with Gasteiger partial charge in [-0.15, -0.1) is 11.3 Å². The average molecular weight is 459 g/mol. The number of hydrogen-bond donors (Lipinski definition) is 2. The Morgan fingerprint density at radius 2 is 1.93 bits per heavy atom. The number of carbonyl (C=O) groups excluding carboxylic acids is 1. The Hall–Kier alpha value is -2.09. The van der Waals surface area contributed by atoms with Gasteiger partial charge in [-0.1, -0.05) is 23.7 Å². The average Bonchev–Trinajstić information content (AvgIpc) is 3.26. The summed E-state index contributed by atoms with van der Waals surface area (Å²) in [5.41, 5.74) is 2.66. The molecule has 8 heteroatoms. The van der Waals surface area contributed by atoms with Crippen molar-refractivity contribution in [3.8, 4) is 11.1 Å². The number of halogens is 1. The number of hydrogen-bond acceptors (Lipinski definition) is 6. The van der Waals surface area contributed by atoms with Crippen LogP contribution in [0.3, 0.4) is 0 Å². The van der Waals surface area contributed by atoms with Crippen LogP contribution in [-0.2, 0) is 10.2 Å². The molecule has 0 atom stereocenters. The molecule has 0 saturated heterocycles. The number of amides is 1. The van der Waals surface area contributed by atoms with Crippen LogP contribution in [0.1, 0.15) is 39.3 Å². The molecule has 5 nitrogen and oxygen atoms in total. The molecule has 4 rings (SSSR count). The second-order valence-electron chi connectivity index (χ2n) is 8.24. The normalized spacial score (nSPS) is 14.9. The van der Waals surface area contributed by atoms with Crippen molar-refractivity contribution in [3.63, 3.8) is 0 Å². The molecule has 30 heavy (non-hydrogen) atoms. The molecule has 156 valence electrons. The molecule has 1 fully saturated rings. The van der Waals surface area contributed by atoms with E-state index in [-0.39, 0.29) is 5.91 Å². The maximum Gasteiger partial charge on any atom is 0.236 e. The van der Waals surface area contributed by atoms with Gasteiger partial charge in [-0.05, 0) is 69.3 Å². The lowest BCUT2D eigenvalue weighted by Crippen LogP contribution is -2.35. The van der Waals surface area contributed by atoms with Gasteiger partial charge in [0.25, 0.3) is 0 Å². The summed E-state index contributed by atoms with van der Waals surface area (Å²) in [6.45, 7) is 6.02. The molecule has 0 spiro atoms. The Morgan fingerprint density at radius 3 is 2.60 bits per heavy atom. The highest BCUT2D eigenvalue weighted by Crippen LogP contribution is 2.48. The molecular weight excluding hydrogens is 436 g/mol. The van der Waals surface area contributed by atoms with Gasteiger partial charge >= 0.3 is 0 Å². The number of carbonyl (C=O) groups is 1. The molecule has 0 unspecified atom stereocenters. The van der Waals surface area contributed by atoms with Crippen molar-refractivity contribution >= 4 is 51.6 Å². The minimum Gasteiger partial charge on any atom is -0.325 e. The SMILES string of the molecule is CC1(SNc2nc(C(C)(C)C(=O)Nc3ccc(-c4cncc(Cl)c4)cc3)cs2)CC1. The summed E-state index contributed by atoms with van der Waals surface area (Å²) in [6.07, 6.45) is 5.82. The maximum absolute atomic E-state index is 13.0. The third-order valence-electron chi connectivity index (χ3n) is 5.23. The molecule has 1 saturated carbocycles. The van der Waals surface area contributed by atoms with Gasteiger partial charge in [0.15, 0.2) is 5.13 Å². The summed E-state index contributed by atoms with van der Waals surface area (Å²) in [6, 6.07) is 9.50. The fourth-order valence-corrected chi connectivity index (χ4v) is 4.67. The Kier molecular flexibility index (Phi) is 5.79. The summed E-state index contributed by atoms with van der Waals surface area (Å²) in [4.78, 5) is 21.7. The van der Waals surface area contributed by atoms with E-state index >= 15 is 0 Å². The largest absolute Gasteiger partial charge is 0.325 e. The summed E-state index contributed by atoms with van der Waals surface area (Å²) in [5.74, 6) is -0.0988. The molecule has 2 N–H and O–H groups in total. The predicted octanol–water partition coefficient (Wildman–Crippen LogP) is 6.39. The molecule has 1 amide bonds. The van der Waals surface area contributed by atoms with E-state index in [0.717, 1.165) is 27.6 Å². The topological polar surface area (TPSA) is 66.9 Å². The first-order valence-corrected chi connectivity index (χ1v) is 11.8. The smallest absolute Gasteiger partial charge is 0.236 e. The van der Waals surface area contributed by atoms with Gasteiger partial charge in [0.2, 0.25) is 5.91 Å². The van der Waals surface area contributed by atoms with E-state index in [1.54, 1.807) is 24.3 Å². The Labute approximate surface area is 189 Å². The van der Waals surface area contributed by atoms with Crippen LogP contribution in [0.15, 0.2) is 48.1 Å². The number of rotatable bonds is 7. The van der Waals surface area contributed by atoms with E-state index in [1.807, 2.05) is 49.6 Å². The van der Waals surface area contributed by atoms with Crippen molar-refractivity contribution in [2.45, 2.75) is 43.8 Å². The van der Waals surface area contributed by atoms with E-state index in [9.17, 15) is 4.79 Å². The van der Waals surface area contributed by atoms with E-state index in [0.29, 0.717) is 9.77 Å². The van der Waals surface area contributed by atoms with Crippen LogP contribution in [0.5, 0.6) is 0 Å². The van der Waals surface area contributed by atoms with Crippen LogP contribution >= 0.6 is 34.9 Å². The van der Waals surface area contributed by atoms with E-state index in [4.69, 9.17) is 11.6 Å². The van der Waals surface area contributed by atoms with Crippen LogP contribution in [0.2, 0.25) is 5.02 Å². The molecule has 3 aromatic rings. The van der Waals surface area contributed by atoms with Crippen molar-refractivity contribution in [3.05, 3.63) is 58.8 Å². The molecular formula is C22H23ClN4OS2. The monoisotopic (exact) mass is 458 g/mol. The van der Waals surface area contributed by atoms with Gasteiger partial charge in [0.05, 0.1) is 16.1 Å². The first-order valence-electron chi connectivity index (χ1n) is 9.68. The summed E-state index contributed by atoms with van der Waals surface area (Å²) < 4.78 is 3.66. The van der Waals surface area contributed by atoms with Crippen LogP contribution < -0.4 is 10.0 Å². The molecule has 2 aromatic heterocycles. The van der Waals surface area contributed by atoms with E-state index < -0.39 is 5.41 Å². The number of pyridine rings is 1. The van der Waals surface area contributed by atoms with Gasteiger partial charge in [0.1, 0.15) is 0 Å². The van der Waals surface area contributed by atoms with Crippen LogP contribution in [0.25, 0.3) is 11.1 Å². The zero-order valence-electron chi connectivity index (χ0n) is 17.0. The lowest BCUT2D eigenvalue weighted by atomic mass is 9.89. The molecule has 1 aliphatic rings. The third-order valence-corrected chi connectivity index (χ3v) is 7.52. The Balaban J connectivity index is 1.41. The lowest BCUT2D eigenvalue weighted by Gasteiger charge is -2.21. The van der Waals surface area contributed by atoms with Crippen molar-refractivity contribution < 1.29 is 4.79 Å². The van der Waals surface area contributed by atoms with Crippen LogP contribution in [0, 0.1) is 0 Å². The minimum atomic E-state index is -0.750. The zero-order chi connectivity index (χ0) is 21.4. The molecule has 0 radical (unpaired) electrons. The number of thiazole rings is 1. The van der Waals surface area contributed by atoms with E-state index in [2.05, 4.69) is 26.9 Å². The second kappa shape index (κ2) is 8.21. The van der Waals surface area contributed by atoms with E-state index in [1.165, 1.54) is 24.2 Å². The highest BCUT2D eigenvalue weighted by atomic mass is 35.5. The highest BCUT2D eigenvalue weighted by molar-refractivity contribution is 8.02. The van der Waals surface area contributed by atoms with Crippen molar-refractivity contribution in [2.75, 3.05) is 10.0 Å². The van der Waals surface area contributed by atoms with Gasteiger partial charge < -0.3 is 10.0 Å². The molecule has 0 aliphatic heterocycles. The minimum absolute atomic E-state index is 0.0988. The predicted molar refractivity (Wildman–Crippen MR) is 127 cm³/mol. The van der Waals surface area contributed by atoms with Crippen LogP contribution in [0.4, 0.5) is 10.8 Å². The summed E-state index contributed by atoms with van der Waals surface area (Å²) in [7, 11) is 0. The number of benzene rings is 1. The number of anilines is 2. The Bertz CT molecular complexity index is 1060. The summed E-state index contributed by atoms with van der Waals surface area (Å²) in [5, 5.41) is 6.38. The number of aromatic nitrogens is 2. The zero-order valence-corrected chi connectivity index (χ0v) is 19.4. The fraction of sp³-hybridized carbons (Fsp3) is 0.318. The highest BCUT2D eigenvalue weighted by Gasteiger charge is 2.39.